The average molecular weight is 433 g/mol. The number of fused-ring (bicyclic) bond motifs is 1. The highest BCUT2D eigenvalue weighted by Crippen LogP contribution is 2.45. The number of pyridine rings is 1. The number of carbonyl (C=O) groups excluding carboxylic acids is 3. The Morgan fingerprint density at radius 1 is 1.03 bits per heavy atom. The first-order valence-electron chi connectivity index (χ1n) is 9.66. The quantitative estimate of drug-likeness (QED) is 0.645. The number of primary amides is 1. The Labute approximate surface area is 183 Å². The summed E-state index contributed by atoms with van der Waals surface area (Å²) in [5.74, 6) is -1.45. The molecule has 3 N–H and O–H groups in total. The molecule has 1 aliphatic heterocycles. The molecule has 0 saturated heterocycles. The van der Waals surface area contributed by atoms with Crippen molar-refractivity contribution < 1.29 is 14.4 Å². The molecule has 31 heavy (non-hydrogen) atoms. The van der Waals surface area contributed by atoms with E-state index in [1.807, 2.05) is 42.5 Å². The Morgan fingerprint density at radius 2 is 1.77 bits per heavy atom. The van der Waals surface area contributed by atoms with E-state index >= 15 is 0 Å². The van der Waals surface area contributed by atoms with Crippen LogP contribution in [-0.2, 0) is 9.59 Å². The zero-order chi connectivity index (χ0) is 21.8. The molecule has 0 fully saturated rings. The molecule has 156 valence electrons. The fraction of sp³-hybridized carbons (Fsp3) is 0.130. The normalized spacial score (nSPS) is 18.1. The van der Waals surface area contributed by atoms with E-state index in [0.717, 1.165) is 10.5 Å². The minimum absolute atomic E-state index is 0.281. The van der Waals surface area contributed by atoms with Gasteiger partial charge in [-0.1, -0.05) is 42.5 Å². The number of anilines is 1. The lowest BCUT2D eigenvalue weighted by molar-refractivity contribution is -0.123. The van der Waals surface area contributed by atoms with Crippen LogP contribution in [0, 0.1) is 0 Å². The third-order valence-electron chi connectivity index (χ3n) is 4.90. The number of carbonyl (C=O) groups is 3. The molecule has 0 unspecified atom stereocenters. The molecule has 3 amide bonds. The van der Waals surface area contributed by atoms with Crippen LogP contribution in [0.15, 0.2) is 84.0 Å². The number of amides is 3. The summed E-state index contributed by atoms with van der Waals surface area (Å²) in [6.07, 6.45) is 3.01. The Morgan fingerprint density at radius 3 is 2.48 bits per heavy atom. The van der Waals surface area contributed by atoms with Gasteiger partial charge in [-0.3, -0.25) is 19.4 Å². The molecule has 1 aliphatic rings. The minimum atomic E-state index is -0.924. The molecule has 2 heterocycles. The highest BCUT2D eigenvalue weighted by atomic mass is 32.2. The van der Waals surface area contributed by atoms with Crippen molar-refractivity contribution in [3.8, 4) is 0 Å². The second kappa shape index (κ2) is 9.01. The molecule has 0 radical (unpaired) electrons. The van der Waals surface area contributed by atoms with Crippen LogP contribution in [0.1, 0.15) is 21.2 Å². The fourth-order valence-electron chi connectivity index (χ4n) is 3.48. The van der Waals surface area contributed by atoms with Gasteiger partial charge in [-0.2, -0.15) is 0 Å². The lowest BCUT2D eigenvalue weighted by atomic mass is 10.0. The molecule has 0 saturated carbocycles. The van der Waals surface area contributed by atoms with Crippen LogP contribution in [0.5, 0.6) is 0 Å². The van der Waals surface area contributed by atoms with Gasteiger partial charge in [0.1, 0.15) is 12.6 Å². The smallest absolute Gasteiger partial charge is 0.253 e. The van der Waals surface area contributed by atoms with Crippen LogP contribution in [0.3, 0.4) is 0 Å². The summed E-state index contributed by atoms with van der Waals surface area (Å²) in [5, 5.41) is 2.46. The number of hydrogen-bond donors (Lipinski definition) is 2. The summed E-state index contributed by atoms with van der Waals surface area (Å²) >= 11 is 1.47. The predicted octanol–water partition coefficient (Wildman–Crippen LogP) is 2.55. The molecular formula is C23H20N4O3S. The Kier molecular flexibility index (Phi) is 5.99. The highest BCUT2D eigenvalue weighted by molar-refractivity contribution is 7.99. The van der Waals surface area contributed by atoms with E-state index in [1.165, 1.54) is 22.9 Å². The minimum Gasteiger partial charge on any atom is -0.368 e. The third kappa shape index (κ3) is 4.44. The molecule has 1 aromatic heterocycles. The van der Waals surface area contributed by atoms with Crippen molar-refractivity contribution in [2.75, 3.05) is 11.4 Å². The van der Waals surface area contributed by atoms with E-state index in [4.69, 9.17) is 5.73 Å². The first-order valence-corrected chi connectivity index (χ1v) is 10.5. The Bertz CT molecular complexity index is 1110. The molecule has 7 nitrogen and oxygen atoms in total. The number of para-hydroxylation sites is 1. The first kappa shape index (κ1) is 20.6. The monoisotopic (exact) mass is 432 g/mol. The lowest BCUT2D eigenvalue weighted by Crippen LogP contribution is -2.52. The van der Waals surface area contributed by atoms with Crippen molar-refractivity contribution in [1.29, 1.82) is 0 Å². The number of nitrogens with zero attached hydrogens (tertiary/aromatic N) is 2. The van der Waals surface area contributed by atoms with Crippen molar-refractivity contribution in [1.82, 2.24) is 10.3 Å². The van der Waals surface area contributed by atoms with Crippen molar-refractivity contribution in [2.45, 2.75) is 16.2 Å². The van der Waals surface area contributed by atoms with E-state index in [9.17, 15) is 14.4 Å². The van der Waals surface area contributed by atoms with E-state index in [2.05, 4.69) is 10.3 Å². The Hall–Kier alpha value is -3.65. The van der Waals surface area contributed by atoms with Gasteiger partial charge in [-0.15, -0.1) is 11.8 Å². The molecular weight excluding hydrogens is 412 g/mol. The van der Waals surface area contributed by atoms with Gasteiger partial charge in [0.05, 0.1) is 16.5 Å². The molecule has 4 rings (SSSR count). The van der Waals surface area contributed by atoms with E-state index < -0.39 is 29.0 Å². The summed E-state index contributed by atoms with van der Waals surface area (Å²) in [4.78, 5) is 44.5. The van der Waals surface area contributed by atoms with Crippen molar-refractivity contribution >= 4 is 35.2 Å². The van der Waals surface area contributed by atoms with Crippen LogP contribution >= 0.6 is 11.8 Å². The first-order chi connectivity index (χ1) is 15.0. The number of rotatable bonds is 5. The highest BCUT2D eigenvalue weighted by Gasteiger charge is 2.40. The van der Waals surface area contributed by atoms with Crippen LogP contribution < -0.4 is 16.0 Å². The molecule has 0 spiro atoms. The van der Waals surface area contributed by atoms with Crippen LogP contribution in [0.25, 0.3) is 0 Å². The van der Waals surface area contributed by atoms with Gasteiger partial charge in [-0.25, -0.2) is 0 Å². The summed E-state index contributed by atoms with van der Waals surface area (Å²) < 4.78 is 0. The number of aromatic nitrogens is 1. The topological polar surface area (TPSA) is 105 Å². The summed E-state index contributed by atoms with van der Waals surface area (Å²) in [6, 6.07) is 19.2. The predicted molar refractivity (Wildman–Crippen MR) is 119 cm³/mol. The molecule has 2 atom stereocenters. The molecule has 2 aromatic carbocycles. The second-order valence-corrected chi connectivity index (χ2v) is 8.18. The van der Waals surface area contributed by atoms with Gasteiger partial charge in [0.25, 0.3) is 11.8 Å². The van der Waals surface area contributed by atoms with Gasteiger partial charge < -0.3 is 16.0 Å². The molecule has 3 aromatic rings. The van der Waals surface area contributed by atoms with Crippen molar-refractivity contribution in [3.63, 3.8) is 0 Å². The van der Waals surface area contributed by atoms with Gasteiger partial charge in [0.2, 0.25) is 5.91 Å². The van der Waals surface area contributed by atoms with Crippen molar-refractivity contribution in [3.05, 3.63) is 90.3 Å². The number of benzene rings is 2. The average Bonchev–Trinajstić information content (AvgIpc) is 2.90. The number of hydrogen-bond acceptors (Lipinski definition) is 5. The standard InChI is InChI=1S/C23H20N4O3S/c24-19(28)14-27-17-10-4-5-11-18(17)31-21(15-7-2-1-3-8-15)20(23(27)30)26-22(29)16-9-6-12-25-13-16/h1-13,20-21H,14H2,(H2,24,28)(H,26,29)/t20-,21-/m1/s1. The number of thioether (sulfide) groups is 1. The fourth-order valence-corrected chi connectivity index (χ4v) is 4.83. The van der Waals surface area contributed by atoms with E-state index in [0.29, 0.717) is 11.3 Å². The summed E-state index contributed by atoms with van der Waals surface area (Å²) in [6.45, 7) is -0.281. The maximum atomic E-state index is 13.7. The lowest BCUT2D eigenvalue weighted by Gasteiger charge is -2.28. The largest absolute Gasteiger partial charge is 0.368 e. The van der Waals surface area contributed by atoms with Gasteiger partial charge in [0, 0.05) is 17.3 Å². The third-order valence-corrected chi connectivity index (χ3v) is 6.29. The molecule has 0 bridgehead atoms. The maximum absolute atomic E-state index is 13.7. The maximum Gasteiger partial charge on any atom is 0.253 e. The second-order valence-electron chi connectivity index (χ2n) is 7.00. The van der Waals surface area contributed by atoms with Crippen LogP contribution in [0.4, 0.5) is 5.69 Å². The Balaban J connectivity index is 1.79. The number of nitrogens with two attached hydrogens (primary N) is 1. The van der Waals surface area contributed by atoms with Gasteiger partial charge in [0.15, 0.2) is 0 Å². The summed E-state index contributed by atoms with van der Waals surface area (Å²) in [7, 11) is 0. The molecule has 0 aliphatic carbocycles. The van der Waals surface area contributed by atoms with E-state index in [-0.39, 0.29) is 6.54 Å². The number of nitrogens with one attached hydrogen (secondary N) is 1. The summed E-state index contributed by atoms with van der Waals surface area (Å²) in [5.41, 5.74) is 7.26. The van der Waals surface area contributed by atoms with Crippen molar-refractivity contribution in [2.24, 2.45) is 5.73 Å². The van der Waals surface area contributed by atoms with Crippen LogP contribution in [-0.4, -0.2) is 35.3 Å². The zero-order valence-electron chi connectivity index (χ0n) is 16.5. The SMILES string of the molecule is NC(=O)CN1C(=O)[C@H](NC(=O)c2cccnc2)[C@@H](c2ccccc2)Sc2ccccc21. The molecule has 8 heteroatoms. The van der Waals surface area contributed by atoms with Gasteiger partial charge in [-0.05, 0) is 29.8 Å². The van der Waals surface area contributed by atoms with E-state index in [1.54, 1.807) is 30.5 Å². The van der Waals surface area contributed by atoms with Crippen LogP contribution in [0.2, 0.25) is 0 Å². The zero-order valence-corrected chi connectivity index (χ0v) is 17.3. The van der Waals surface area contributed by atoms with Gasteiger partial charge >= 0.3 is 0 Å².